The van der Waals surface area contributed by atoms with E-state index in [1.807, 2.05) is 26.0 Å². The Morgan fingerprint density at radius 3 is 2.37 bits per heavy atom. The largest absolute Gasteiger partial charge is 0.399 e. The van der Waals surface area contributed by atoms with Crippen LogP contribution in [0.1, 0.15) is 19.4 Å². The van der Waals surface area contributed by atoms with Crippen LogP contribution in [0.4, 0.5) is 5.69 Å². The van der Waals surface area contributed by atoms with Gasteiger partial charge in [-0.05, 0) is 31.5 Å². The van der Waals surface area contributed by atoms with Gasteiger partial charge in [0.05, 0.1) is 13.0 Å². The van der Waals surface area contributed by atoms with Gasteiger partial charge in [-0.3, -0.25) is 9.59 Å². The molecule has 0 bridgehead atoms. The number of benzene rings is 1. The molecule has 0 aliphatic carbocycles. The summed E-state index contributed by atoms with van der Waals surface area (Å²) in [6, 6.07) is 7.19. The molecule has 104 valence electrons. The first-order valence-electron chi connectivity index (χ1n) is 6.45. The van der Waals surface area contributed by atoms with Crippen LogP contribution in [0.2, 0.25) is 0 Å². The third-order valence-electron chi connectivity index (χ3n) is 2.78. The Morgan fingerprint density at radius 1 is 1.21 bits per heavy atom. The topological polar surface area (TPSA) is 75.4 Å². The number of carbonyl (C=O) groups is 2. The summed E-state index contributed by atoms with van der Waals surface area (Å²) in [4.78, 5) is 25.1. The van der Waals surface area contributed by atoms with E-state index in [2.05, 4.69) is 5.32 Å². The second-order valence-electron chi connectivity index (χ2n) is 4.28. The molecule has 0 aromatic heterocycles. The monoisotopic (exact) mass is 263 g/mol. The second kappa shape index (κ2) is 7.41. The molecule has 1 rings (SSSR count). The van der Waals surface area contributed by atoms with Gasteiger partial charge in [0.15, 0.2) is 0 Å². The Labute approximate surface area is 113 Å². The van der Waals surface area contributed by atoms with Gasteiger partial charge < -0.3 is 16.0 Å². The summed E-state index contributed by atoms with van der Waals surface area (Å²) in [6.45, 7) is 4.91. The quantitative estimate of drug-likeness (QED) is 0.745. The summed E-state index contributed by atoms with van der Waals surface area (Å²) in [5.41, 5.74) is 7.16. The van der Waals surface area contributed by atoms with Crippen LogP contribution in [-0.2, 0) is 16.0 Å². The van der Waals surface area contributed by atoms with Crippen LogP contribution in [0.5, 0.6) is 0 Å². The van der Waals surface area contributed by atoms with Gasteiger partial charge in [0.1, 0.15) is 0 Å². The number of rotatable bonds is 6. The number of nitrogen functional groups attached to an aromatic ring is 1. The molecule has 3 N–H and O–H groups in total. The molecule has 0 aliphatic rings. The zero-order valence-corrected chi connectivity index (χ0v) is 11.5. The minimum atomic E-state index is -0.130. The van der Waals surface area contributed by atoms with E-state index >= 15 is 0 Å². The van der Waals surface area contributed by atoms with Crippen molar-refractivity contribution < 1.29 is 9.59 Å². The normalized spacial score (nSPS) is 10.0. The Balaban J connectivity index is 2.58. The molecule has 0 heterocycles. The van der Waals surface area contributed by atoms with E-state index < -0.39 is 0 Å². The lowest BCUT2D eigenvalue weighted by Crippen LogP contribution is -2.41. The number of anilines is 1. The first kappa shape index (κ1) is 15.0. The van der Waals surface area contributed by atoms with E-state index in [1.165, 1.54) is 0 Å². The second-order valence-corrected chi connectivity index (χ2v) is 4.28. The minimum absolute atomic E-state index is 0.0569. The number of carbonyl (C=O) groups excluding carboxylic acids is 2. The van der Waals surface area contributed by atoms with E-state index in [0.717, 1.165) is 5.56 Å². The van der Waals surface area contributed by atoms with Gasteiger partial charge in [0.2, 0.25) is 11.8 Å². The van der Waals surface area contributed by atoms with Crippen molar-refractivity contribution in [2.75, 3.05) is 25.4 Å². The van der Waals surface area contributed by atoms with Crippen LogP contribution in [-0.4, -0.2) is 36.3 Å². The summed E-state index contributed by atoms with van der Waals surface area (Å²) in [7, 11) is 0. The average Bonchev–Trinajstić information content (AvgIpc) is 2.39. The van der Waals surface area contributed by atoms with Gasteiger partial charge in [0.25, 0.3) is 0 Å². The molecule has 1 aromatic rings. The molecule has 1 aromatic carbocycles. The first-order chi connectivity index (χ1) is 9.06. The molecule has 2 amide bonds. The summed E-state index contributed by atoms with van der Waals surface area (Å²) in [6.07, 6.45) is 0.285. The van der Waals surface area contributed by atoms with E-state index in [9.17, 15) is 9.59 Å². The molecule has 0 spiro atoms. The van der Waals surface area contributed by atoms with Gasteiger partial charge in [-0.25, -0.2) is 0 Å². The third-order valence-corrected chi connectivity index (χ3v) is 2.78. The fourth-order valence-corrected chi connectivity index (χ4v) is 1.72. The highest BCUT2D eigenvalue weighted by Gasteiger charge is 2.15. The number of nitrogens with zero attached hydrogens (tertiary/aromatic N) is 1. The maximum atomic E-state index is 12.1. The maximum Gasteiger partial charge on any atom is 0.239 e. The number of likely N-dealkylation sites (N-methyl/N-ethyl adjacent to an activating group) is 2. The van der Waals surface area contributed by atoms with Crippen molar-refractivity contribution in [2.45, 2.75) is 20.3 Å². The summed E-state index contributed by atoms with van der Waals surface area (Å²) in [5.74, 6) is -0.187. The summed E-state index contributed by atoms with van der Waals surface area (Å²) < 4.78 is 0. The highest BCUT2D eigenvalue weighted by atomic mass is 16.2. The molecule has 0 unspecified atom stereocenters. The predicted octanol–water partition coefficient (Wildman–Crippen LogP) is 0.796. The lowest BCUT2D eigenvalue weighted by atomic mass is 10.1. The molecule has 5 nitrogen and oxygen atoms in total. The molecule has 0 aliphatic heterocycles. The Hall–Kier alpha value is -2.04. The fourth-order valence-electron chi connectivity index (χ4n) is 1.72. The number of hydrogen-bond acceptors (Lipinski definition) is 3. The van der Waals surface area contributed by atoms with E-state index in [4.69, 9.17) is 5.73 Å². The summed E-state index contributed by atoms with van der Waals surface area (Å²) >= 11 is 0. The zero-order chi connectivity index (χ0) is 14.3. The number of hydrogen-bond donors (Lipinski definition) is 2. The Bertz CT molecular complexity index is 429. The molecule has 19 heavy (non-hydrogen) atoms. The van der Waals surface area contributed by atoms with Crippen LogP contribution in [0.3, 0.4) is 0 Å². The standard InChI is InChI=1S/C14H21N3O2/c1-3-16-13(18)10-17(4-2)14(19)9-11-5-7-12(15)8-6-11/h5-8H,3-4,9-10,15H2,1-2H3,(H,16,18). The van der Waals surface area contributed by atoms with E-state index in [-0.39, 0.29) is 24.8 Å². The molecule has 0 saturated heterocycles. The SMILES string of the molecule is CCNC(=O)CN(CC)C(=O)Cc1ccc(N)cc1. The van der Waals surface area contributed by atoms with Crippen molar-refractivity contribution in [3.8, 4) is 0 Å². The number of nitrogens with one attached hydrogen (secondary N) is 1. The molecule has 0 fully saturated rings. The van der Waals surface area contributed by atoms with Gasteiger partial charge in [0, 0.05) is 18.8 Å². The highest BCUT2D eigenvalue weighted by Crippen LogP contribution is 2.07. The van der Waals surface area contributed by atoms with Gasteiger partial charge in [-0.2, -0.15) is 0 Å². The van der Waals surface area contributed by atoms with Crippen molar-refractivity contribution in [1.82, 2.24) is 10.2 Å². The van der Waals surface area contributed by atoms with E-state index in [0.29, 0.717) is 18.8 Å². The maximum absolute atomic E-state index is 12.1. The van der Waals surface area contributed by atoms with Crippen molar-refractivity contribution in [3.05, 3.63) is 29.8 Å². The Kier molecular flexibility index (Phi) is 5.85. The molecular weight excluding hydrogens is 242 g/mol. The third kappa shape index (κ3) is 4.99. The van der Waals surface area contributed by atoms with Crippen molar-refractivity contribution in [1.29, 1.82) is 0 Å². The number of amides is 2. The van der Waals surface area contributed by atoms with Crippen LogP contribution in [0.15, 0.2) is 24.3 Å². The molecule has 0 radical (unpaired) electrons. The first-order valence-corrected chi connectivity index (χ1v) is 6.45. The van der Waals surface area contributed by atoms with Gasteiger partial charge in [-0.15, -0.1) is 0 Å². The Morgan fingerprint density at radius 2 is 1.84 bits per heavy atom. The smallest absolute Gasteiger partial charge is 0.239 e. The van der Waals surface area contributed by atoms with E-state index in [1.54, 1.807) is 17.0 Å². The minimum Gasteiger partial charge on any atom is -0.399 e. The summed E-state index contributed by atoms with van der Waals surface area (Å²) in [5, 5.41) is 2.69. The molecule has 0 saturated carbocycles. The molecule has 0 atom stereocenters. The highest BCUT2D eigenvalue weighted by molar-refractivity contribution is 5.85. The van der Waals surface area contributed by atoms with Crippen LogP contribution in [0.25, 0.3) is 0 Å². The lowest BCUT2D eigenvalue weighted by Gasteiger charge is -2.20. The number of nitrogens with two attached hydrogens (primary N) is 1. The fraction of sp³-hybridized carbons (Fsp3) is 0.429. The van der Waals surface area contributed by atoms with Crippen molar-refractivity contribution in [3.63, 3.8) is 0 Å². The predicted molar refractivity (Wildman–Crippen MR) is 75.5 cm³/mol. The van der Waals surface area contributed by atoms with Crippen LogP contribution in [0, 0.1) is 0 Å². The van der Waals surface area contributed by atoms with Gasteiger partial charge in [-0.1, -0.05) is 12.1 Å². The molecular formula is C14H21N3O2. The van der Waals surface area contributed by atoms with Crippen LogP contribution >= 0.6 is 0 Å². The zero-order valence-electron chi connectivity index (χ0n) is 11.5. The molecule has 5 heteroatoms. The van der Waals surface area contributed by atoms with Crippen molar-refractivity contribution >= 4 is 17.5 Å². The van der Waals surface area contributed by atoms with Crippen LogP contribution < -0.4 is 11.1 Å². The van der Waals surface area contributed by atoms with Gasteiger partial charge >= 0.3 is 0 Å². The average molecular weight is 263 g/mol. The van der Waals surface area contributed by atoms with Crippen molar-refractivity contribution in [2.24, 2.45) is 0 Å². The lowest BCUT2D eigenvalue weighted by molar-refractivity contribution is -0.135.